The standard InChI is InChI=1S/C28H30FN3O5/c1-18-6-4-5-7-23(18)30-28(36)31-24-12-9-20(15-25(24)37-3)16-26(33)32(2)17-21-14-19(8-11-22(21)29)10-13-27(34)35/h4-9,11-12,14-15H,10,13,16-17H2,1-3H3,(H,34,35)(H2,30,31,36). The molecule has 37 heavy (non-hydrogen) atoms. The van der Waals surface area contributed by atoms with Gasteiger partial charge in [0.1, 0.15) is 11.6 Å². The van der Waals surface area contributed by atoms with E-state index in [1.54, 1.807) is 43.4 Å². The quantitative estimate of drug-likeness (QED) is 0.358. The molecule has 194 valence electrons. The van der Waals surface area contributed by atoms with Crippen LogP contribution in [0.4, 0.5) is 20.6 Å². The molecule has 0 saturated carbocycles. The number of carboxylic acids is 1. The number of aliphatic carboxylic acids is 1. The Balaban J connectivity index is 1.63. The number of methoxy groups -OCH3 is 1. The second-order valence-electron chi connectivity index (χ2n) is 8.67. The number of urea groups is 1. The molecule has 0 aliphatic carbocycles. The van der Waals surface area contributed by atoms with Gasteiger partial charge in [0.2, 0.25) is 5.91 Å². The molecule has 3 aromatic rings. The number of halogens is 1. The van der Waals surface area contributed by atoms with Crippen LogP contribution in [0.1, 0.15) is 28.7 Å². The molecule has 3 amide bonds. The van der Waals surface area contributed by atoms with Crippen LogP contribution in [0.2, 0.25) is 0 Å². The van der Waals surface area contributed by atoms with Crippen LogP contribution in [0.5, 0.6) is 5.75 Å². The van der Waals surface area contributed by atoms with Gasteiger partial charge in [-0.25, -0.2) is 9.18 Å². The summed E-state index contributed by atoms with van der Waals surface area (Å²) < 4.78 is 19.7. The van der Waals surface area contributed by atoms with Crippen LogP contribution in [0.25, 0.3) is 0 Å². The fourth-order valence-electron chi connectivity index (χ4n) is 3.75. The maximum absolute atomic E-state index is 14.3. The number of benzene rings is 3. The molecule has 8 nitrogen and oxygen atoms in total. The second kappa shape index (κ2) is 12.5. The maximum Gasteiger partial charge on any atom is 0.323 e. The Morgan fingerprint density at radius 1 is 0.973 bits per heavy atom. The largest absolute Gasteiger partial charge is 0.495 e. The van der Waals surface area contributed by atoms with Crippen molar-refractivity contribution in [3.8, 4) is 5.75 Å². The Bertz CT molecular complexity index is 1290. The Morgan fingerprint density at radius 2 is 1.68 bits per heavy atom. The third-order valence-electron chi connectivity index (χ3n) is 5.83. The molecule has 0 aliphatic rings. The molecule has 0 spiro atoms. The third-order valence-corrected chi connectivity index (χ3v) is 5.83. The zero-order chi connectivity index (χ0) is 26.9. The highest BCUT2D eigenvalue weighted by atomic mass is 19.1. The molecule has 0 aromatic heterocycles. The summed E-state index contributed by atoms with van der Waals surface area (Å²) in [5.41, 5.74) is 3.73. The maximum atomic E-state index is 14.3. The number of likely N-dealkylation sites (N-methyl/N-ethyl adjacent to an activating group) is 1. The molecule has 0 fully saturated rings. The third kappa shape index (κ3) is 7.79. The highest BCUT2D eigenvalue weighted by Crippen LogP contribution is 2.27. The summed E-state index contributed by atoms with van der Waals surface area (Å²) in [5, 5.41) is 14.4. The van der Waals surface area contributed by atoms with E-state index in [-0.39, 0.29) is 31.7 Å². The molecule has 0 unspecified atom stereocenters. The van der Waals surface area contributed by atoms with E-state index in [4.69, 9.17) is 9.84 Å². The van der Waals surface area contributed by atoms with Gasteiger partial charge in [-0.2, -0.15) is 0 Å². The van der Waals surface area contributed by atoms with E-state index in [1.165, 1.54) is 18.1 Å². The number of ether oxygens (including phenoxy) is 1. The summed E-state index contributed by atoms with van der Waals surface area (Å²) >= 11 is 0. The van der Waals surface area contributed by atoms with Gasteiger partial charge in [0.15, 0.2) is 0 Å². The van der Waals surface area contributed by atoms with Crippen molar-refractivity contribution in [2.24, 2.45) is 0 Å². The Kier molecular flexibility index (Phi) is 9.21. The Morgan fingerprint density at radius 3 is 2.38 bits per heavy atom. The molecule has 0 bridgehead atoms. The number of carboxylic acid groups (broad SMARTS) is 1. The van der Waals surface area contributed by atoms with Gasteiger partial charge in [-0.15, -0.1) is 0 Å². The SMILES string of the molecule is COc1cc(CC(=O)N(C)Cc2cc(CCC(=O)O)ccc2F)ccc1NC(=O)Nc1ccccc1C. The normalized spacial score (nSPS) is 10.5. The van der Waals surface area contributed by atoms with Gasteiger partial charge in [0.05, 0.1) is 19.2 Å². The topological polar surface area (TPSA) is 108 Å². The van der Waals surface area contributed by atoms with Crippen molar-refractivity contribution < 1.29 is 28.6 Å². The number of para-hydroxylation sites is 1. The van der Waals surface area contributed by atoms with Crippen LogP contribution in [-0.2, 0) is 29.0 Å². The zero-order valence-corrected chi connectivity index (χ0v) is 21.0. The molecular formula is C28H30FN3O5. The average Bonchev–Trinajstić information content (AvgIpc) is 2.86. The minimum Gasteiger partial charge on any atom is -0.495 e. The van der Waals surface area contributed by atoms with Crippen molar-refractivity contribution in [3.63, 3.8) is 0 Å². The van der Waals surface area contributed by atoms with E-state index < -0.39 is 17.8 Å². The first kappa shape index (κ1) is 27.2. The second-order valence-corrected chi connectivity index (χ2v) is 8.67. The van der Waals surface area contributed by atoms with E-state index in [1.807, 2.05) is 25.1 Å². The number of nitrogens with zero attached hydrogens (tertiary/aromatic N) is 1. The highest BCUT2D eigenvalue weighted by Gasteiger charge is 2.16. The van der Waals surface area contributed by atoms with Gasteiger partial charge >= 0.3 is 12.0 Å². The first-order valence-corrected chi connectivity index (χ1v) is 11.7. The van der Waals surface area contributed by atoms with Gasteiger partial charge in [-0.1, -0.05) is 36.4 Å². The van der Waals surface area contributed by atoms with Crippen molar-refractivity contribution in [2.45, 2.75) is 32.7 Å². The summed E-state index contributed by atoms with van der Waals surface area (Å²) in [4.78, 5) is 37.5. The molecule has 3 rings (SSSR count). The molecule has 0 aliphatic heterocycles. The number of amides is 3. The number of hydrogen-bond donors (Lipinski definition) is 3. The minimum absolute atomic E-state index is 0.0431. The lowest BCUT2D eigenvalue weighted by Gasteiger charge is -2.19. The predicted molar refractivity (Wildman–Crippen MR) is 139 cm³/mol. The Labute approximate surface area is 215 Å². The lowest BCUT2D eigenvalue weighted by atomic mass is 10.0. The fraction of sp³-hybridized carbons (Fsp3) is 0.250. The van der Waals surface area contributed by atoms with Gasteiger partial charge < -0.3 is 25.4 Å². The zero-order valence-electron chi connectivity index (χ0n) is 21.0. The van der Waals surface area contributed by atoms with Crippen LogP contribution in [0, 0.1) is 12.7 Å². The number of carbonyl (C=O) groups excluding carboxylic acids is 2. The summed E-state index contributed by atoms with van der Waals surface area (Å²) in [6.45, 7) is 1.94. The van der Waals surface area contributed by atoms with E-state index in [0.717, 1.165) is 5.56 Å². The highest BCUT2D eigenvalue weighted by molar-refractivity contribution is 6.01. The molecule has 0 atom stereocenters. The monoisotopic (exact) mass is 507 g/mol. The fourth-order valence-corrected chi connectivity index (χ4v) is 3.75. The van der Waals surface area contributed by atoms with Crippen molar-refractivity contribution >= 4 is 29.3 Å². The van der Waals surface area contributed by atoms with Gasteiger partial charge in [-0.3, -0.25) is 9.59 Å². The van der Waals surface area contributed by atoms with Crippen LogP contribution < -0.4 is 15.4 Å². The first-order chi connectivity index (χ1) is 17.7. The number of hydrogen-bond acceptors (Lipinski definition) is 4. The van der Waals surface area contributed by atoms with Crippen molar-refractivity contribution in [1.82, 2.24) is 4.90 Å². The number of carbonyl (C=O) groups is 3. The van der Waals surface area contributed by atoms with E-state index in [9.17, 15) is 18.8 Å². The van der Waals surface area contributed by atoms with E-state index in [2.05, 4.69) is 10.6 Å². The van der Waals surface area contributed by atoms with Crippen molar-refractivity contribution in [3.05, 3.63) is 88.7 Å². The summed E-state index contributed by atoms with van der Waals surface area (Å²) in [5.74, 6) is -1.23. The van der Waals surface area contributed by atoms with Crippen LogP contribution >= 0.6 is 0 Å². The first-order valence-electron chi connectivity index (χ1n) is 11.7. The lowest BCUT2D eigenvalue weighted by Crippen LogP contribution is -2.28. The predicted octanol–water partition coefficient (Wildman–Crippen LogP) is 5.01. The molecule has 3 N–H and O–H groups in total. The molecule has 0 saturated heterocycles. The van der Waals surface area contributed by atoms with E-state index in [0.29, 0.717) is 33.8 Å². The van der Waals surface area contributed by atoms with Crippen LogP contribution in [0.3, 0.4) is 0 Å². The summed E-state index contributed by atoms with van der Waals surface area (Å²) in [6, 6.07) is 16.4. The van der Waals surface area contributed by atoms with Gasteiger partial charge in [0, 0.05) is 31.3 Å². The number of aryl methyl sites for hydroxylation is 2. The smallest absolute Gasteiger partial charge is 0.323 e. The van der Waals surface area contributed by atoms with Crippen LogP contribution in [-0.4, -0.2) is 42.1 Å². The van der Waals surface area contributed by atoms with Crippen LogP contribution in [0.15, 0.2) is 60.7 Å². The molecule has 3 aromatic carbocycles. The molecule has 0 heterocycles. The number of nitrogens with one attached hydrogen (secondary N) is 2. The molecular weight excluding hydrogens is 477 g/mol. The van der Waals surface area contributed by atoms with Gasteiger partial charge in [-0.05, 0) is 54.3 Å². The lowest BCUT2D eigenvalue weighted by molar-refractivity contribution is -0.137. The number of rotatable bonds is 10. The van der Waals surface area contributed by atoms with Crippen molar-refractivity contribution in [1.29, 1.82) is 0 Å². The minimum atomic E-state index is -0.929. The van der Waals surface area contributed by atoms with Crippen molar-refractivity contribution in [2.75, 3.05) is 24.8 Å². The Hall–Kier alpha value is -4.40. The molecule has 0 radical (unpaired) electrons. The summed E-state index contributed by atoms with van der Waals surface area (Å²) in [7, 11) is 3.05. The number of anilines is 2. The van der Waals surface area contributed by atoms with Gasteiger partial charge in [0.25, 0.3) is 0 Å². The summed E-state index contributed by atoms with van der Waals surface area (Å²) in [6.07, 6.45) is 0.270. The molecule has 9 heteroatoms. The average molecular weight is 508 g/mol. The van der Waals surface area contributed by atoms with E-state index >= 15 is 0 Å².